The van der Waals surface area contributed by atoms with Crippen molar-refractivity contribution in [3.63, 3.8) is 0 Å². The van der Waals surface area contributed by atoms with Gasteiger partial charge in [0.15, 0.2) is 0 Å². The molecule has 2 rings (SSSR count). The van der Waals surface area contributed by atoms with Crippen LogP contribution in [0.2, 0.25) is 5.02 Å². The highest BCUT2D eigenvalue weighted by atomic mass is 35.5. The number of aromatic hydroxyl groups is 1. The summed E-state index contributed by atoms with van der Waals surface area (Å²) in [5.74, 6) is 0.246. The maximum atomic E-state index is 9.77. The monoisotopic (exact) mass is 269 g/mol. The van der Waals surface area contributed by atoms with Crippen LogP contribution in [0.1, 0.15) is 25.8 Å². The van der Waals surface area contributed by atoms with Crippen molar-refractivity contribution in [2.45, 2.75) is 39.0 Å². The van der Waals surface area contributed by atoms with Crippen LogP contribution in [0, 0.1) is 5.41 Å². The van der Waals surface area contributed by atoms with E-state index in [0.717, 1.165) is 12.0 Å². The van der Waals surface area contributed by atoms with E-state index in [-0.39, 0.29) is 11.2 Å². The Bertz CT molecular complexity index is 414. The molecule has 0 radical (unpaired) electrons. The van der Waals surface area contributed by atoms with Crippen LogP contribution in [0.25, 0.3) is 0 Å². The number of methoxy groups -OCH3 is 1. The number of phenols is 1. The Labute approximate surface area is 113 Å². The lowest BCUT2D eigenvalue weighted by molar-refractivity contribution is -0.0979. The second kappa shape index (κ2) is 5.08. The van der Waals surface area contributed by atoms with E-state index < -0.39 is 0 Å². The van der Waals surface area contributed by atoms with Gasteiger partial charge < -0.3 is 15.2 Å². The molecule has 0 aliphatic heterocycles. The van der Waals surface area contributed by atoms with Crippen molar-refractivity contribution >= 4 is 11.6 Å². The van der Waals surface area contributed by atoms with Crippen LogP contribution in [0.5, 0.6) is 5.75 Å². The van der Waals surface area contributed by atoms with Gasteiger partial charge in [-0.2, -0.15) is 0 Å². The van der Waals surface area contributed by atoms with Crippen LogP contribution < -0.4 is 5.32 Å². The molecule has 2 atom stereocenters. The molecule has 1 aromatic carbocycles. The zero-order chi connectivity index (χ0) is 13.3. The fraction of sp³-hybridized carbons (Fsp3) is 0.571. The van der Waals surface area contributed by atoms with Crippen LogP contribution in [-0.2, 0) is 11.3 Å². The predicted molar refractivity (Wildman–Crippen MR) is 72.9 cm³/mol. The third kappa shape index (κ3) is 2.35. The van der Waals surface area contributed by atoms with Crippen molar-refractivity contribution in [3.8, 4) is 5.75 Å². The van der Waals surface area contributed by atoms with E-state index in [1.54, 1.807) is 25.3 Å². The lowest BCUT2D eigenvalue weighted by Crippen LogP contribution is -2.60. The molecule has 1 aliphatic rings. The van der Waals surface area contributed by atoms with Crippen LogP contribution >= 0.6 is 11.6 Å². The summed E-state index contributed by atoms with van der Waals surface area (Å²) in [5.41, 5.74) is 0.877. The van der Waals surface area contributed by atoms with E-state index in [0.29, 0.717) is 23.7 Å². The van der Waals surface area contributed by atoms with Crippen molar-refractivity contribution < 1.29 is 9.84 Å². The van der Waals surface area contributed by atoms with Crippen LogP contribution in [0.3, 0.4) is 0 Å². The Morgan fingerprint density at radius 3 is 2.78 bits per heavy atom. The minimum atomic E-state index is 0.117. The molecule has 0 spiro atoms. The highest BCUT2D eigenvalue weighted by Crippen LogP contribution is 2.42. The molecular weight excluding hydrogens is 250 g/mol. The predicted octanol–water partition coefficient (Wildman–Crippen LogP) is 2.95. The quantitative estimate of drug-likeness (QED) is 0.883. The summed E-state index contributed by atoms with van der Waals surface area (Å²) in [6.45, 7) is 4.96. The smallest absolute Gasteiger partial charge is 0.121 e. The van der Waals surface area contributed by atoms with E-state index >= 15 is 0 Å². The second-order valence-electron chi connectivity index (χ2n) is 5.45. The van der Waals surface area contributed by atoms with Crippen LogP contribution in [0.15, 0.2) is 18.2 Å². The number of benzene rings is 1. The Morgan fingerprint density at radius 2 is 2.22 bits per heavy atom. The molecule has 0 heterocycles. The molecule has 18 heavy (non-hydrogen) atoms. The topological polar surface area (TPSA) is 41.5 Å². The highest BCUT2D eigenvalue weighted by molar-refractivity contribution is 6.31. The number of ether oxygens (including phenoxy) is 1. The third-order valence-corrected chi connectivity index (χ3v) is 4.44. The summed E-state index contributed by atoms with van der Waals surface area (Å²) < 4.78 is 5.42. The fourth-order valence-corrected chi connectivity index (χ4v) is 2.82. The van der Waals surface area contributed by atoms with Gasteiger partial charge in [-0.1, -0.05) is 31.5 Å². The number of hydrogen-bond donors (Lipinski definition) is 2. The first-order chi connectivity index (χ1) is 8.46. The first kappa shape index (κ1) is 13.7. The molecule has 1 aliphatic carbocycles. The summed E-state index contributed by atoms with van der Waals surface area (Å²) >= 11 is 6.08. The third-order valence-electron chi connectivity index (χ3n) is 4.08. The van der Waals surface area contributed by atoms with Crippen LogP contribution in [-0.4, -0.2) is 24.4 Å². The molecule has 1 saturated carbocycles. The zero-order valence-corrected chi connectivity index (χ0v) is 11.8. The molecule has 1 fully saturated rings. The molecule has 0 bridgehead atoms. The molecule has 2 unspecified atom stereocenters. The Balaban J connectivity index is 1.98. The molecule has 0 amide bonds. The second-order valence-corrected chi connectivity index (χ2v) is 5.86. The molecule has 3 nitrogen and oxygen atoms in total. The first-order valence-electron chi connectivity index (χ1n) is 6.19. The number of rotatable bonds is 4. The van der Waals surface area contributed by atoms with Crippen molar-refractivity contribution in [3.05, 3.63) is 28.8 Å². The first-order valence-corrected chi connectivity index (χ1v) is 6.57. The van der Waals surface area contributed by atoms with Crippen LogP contribution in [0.4, 0.5) is 0 Å². The molecule has 0 saturated heterocycles. The van der Waals surface area contributed by atoms with E-state index in [1.807, 2.05) is 0 Å². The number of nitrogens with one attached hydrogen (secondary N) is 1. The molecule has 1 aromatic rings. The maximum absolute atomic E-state index is 9.77. The zero-order valence-electron chi connectivity index (χ0n) is 11.0. The fourth-order valence-electron chi connectivity index (χ4n) is 2.58. The molecule has 4 heteroatoms. The van der Waals surface area contributed by atoms with Gasteiger partial charge in [0.1, 0.15) is 5.75 Å². The van der Waals surface area contributed by atoms with Crippen molar-refractivity contribution in [1.82, 2.24) is 5.32 Å². The SMILES string of the molecule is COC1CC(NCc2c(O)cccc2Cl)C1(C)C. The molecular formula is C14H20ClNO2. The van der Waals surface area contributed by atoms with Gasteiger partial charge in [-0.3, -0.25) is 0 Å². The van der Waals surface area contributed by atoms with E-state index in [4.69, 9.17) is 16.3 Å². The molecule has 0 aromatic heterocycles. The summed E-state index contributed by atoms with van der Waals surface area (Å²) in [5, 5.41) is 13.8. The number of halogens is 1. The normalized spacial score (nSPS) is 25.8. The van der Waals surface area contributed by atoms with Gasteiger partial charge in [-0.15, -0.1) is 0 Å². The standard InChI is InChI=1S/C14H20ClNO2/c1-14(2)12(7-13(14)18-3)16-8-9-10(15)5-4-6-11(9)17/h4-6,12-13,16-17H,7-8H2,1-3H3. The van der Waals surface area contributed by atoms with Crippen molar-refractivity contribution in [1.29, 1.82) is 0 Å². The average Bonchev–Trinajstić information content (AvgIpc) is 2.31. The van der Waals surface area contributed by atoms with Gasteiger partial charge >= 0.3 is 0 Å². The highest BCUT2D eigenvalue weighted by Gasteiger charge is 2.48. The number of phenolic OH excluding ortho intramolecular Hbond substituents is 1. The summed E-state index contributed by atoms with van der Waals surface area (Å²) in [7, 11) is 1.75. The van der Waals surface area contributed by atoms with E-state index in [9.17, 15) is 5.11 Å². The molecule has 100 valence electrons. The van der Waals surface area contributed by atoms with Gasteiger partial charge in [-0.05, 0) is 18.6 Å². The lowest BCUT2D eigenvalue weighted by atomic mass is 9.64. The van der Waals surface area contributed by atoms with Crippen molar-refractivity contribution in [2.75, 3.05) is 7.11 Å². The Kier molecular flexibility index (Phi) is 3.85. The van der Waals surface area contributed by atoms with E-state index in [1.165, 1.54) is 0 Å². The number of hydrogen-bond acceptors (Lipinski definition) is 3. The van der Waals surface area contributed by atoms with Gasteiger partial charge in [0.2, 0.25) is 0 Å². The van der Waals surface area contributed by atoms with E-state index in [2.05, 4.69) is 19.2 Å². The minimum absolute atomic E-state index is 0.117. The largest absolute Gasteiger partial charge is 0.508 e. The average molecular weight is 270 g/mol. The summed E-state index contributed by atoms with van der Waals surface area (Å²) in [6.07, 6.45) is 1.30. The van der Waals surface area contributed by atoms with Gasteiger partial charge in [0.25, 0.3) is 0 Å². The van der Waals surface area contributed by atoms with Gasteiger partial charge in [0, 0.05) is 35.7 Å². The molecule has 2 N–H and O–H groups in total. The maximum Gasteiger partial charge on any atom is 0.121 e. The Hall–Kier alpha value is -0.770. The minimum Gasteiger partial charge on any atom is -0.508 e. The lowest BCUT2D eigenvalue weighted by Gasteiger charge is -2.51. The summed E-state index contributed by atoms with van der Waals surface area (Å²) in [6, 6.07) is 5.59. The Morgan fingerprint density at radius 1 is 1.50 bits per heavy atom. The van der Waals surface area contributed by atoms with Gasteiger partial charge in [0.05, 0.1) is 6.10 Å². The van der Waals surface area contributed by atoms with Crippen molar-refractivity contribution in [2.24, 2.45) is 5.41 Å². The van der Waals surface area contributed by atoms with Gasteiger partial charge in [-0.25, -0.2) is 0 Å². The summed E-state index contributed by atoms with van der Waals surface area (Å²) in [4.78, 5) is 0.